The maximum atomic E-state index is 13.0. The van der Waals surface area contributed by atoms with Gasteiger partial charge in [0, 0.05) is 0 Å². The van der Waals surface area contributed by atoms with E-state index >= 15 is 0 Å². The number of nitrogens with one attached hydrogen (secondary N) is 1. The molecule has 1 aromatic carbocycles. The summed E-state index contributed by atoms with van der Waals surface area (Å²) in [6.45, 7) is 3.02. The molecule has 0 aliphatic rings. The number of rotatable bonds is 7. The topological polar surface area (TPSA) is 75.3 Å². The lowest BCUT2D eigenvalue weighted by molar-refractivity contribution is -0.138. The molecule has 0 radical (unpaired) electrons. The average Bonchev–Trinajstić information content (AvgIpc) is 2.32. The third-order valence-electron chi connectivity index (χ3n) is 2.76. The molecular formula is C13H19FN2O2. The van der Waals surface area contributed by atoms with E-state index in [9.17, 15) is 9.18 Å². The Kier molecular flexibility index (Phi) is 5.74. The molecule has 0 bridgehead atoms. The summed E-state index contributed by atoms with van der Waals surface area (Å²) in [5.74, 6) is -1.18. The largest absolute Gasteiger partial charge is 0.480 e. The molecule has 0 aliphatic heterocycles. The van der Waals surface area contributed by atoms with Gasteiger partial charge in [0.05, 0.1) is 0 Å². The van der Waals surface area contributed by atoms with Crippen LogP contribution in [0.4, 0.5) is 4.39 Å². The summed E-state index contributed by atoms with van der Waals surface area (Å²) < 4.78 is 13.0. The second-order valence-electron chi connectivity index (χ2n) is 4.32. The first-order chi connectivity index (χ1) is 8.50. The molecule has 4 N–H and O–H groups in total. The quantitative estimate of drug-likeness (QED) is 0.636. The number of carboxylic acid groups (broad SMARTS) is 1. The number of carboxylic acids is 1. The number of hydrogen-bond donors (Lipinski definition) is 3. The molecule has 1 rings (SSSR count). The molecule has 0 spiro atoms. The van der Waals surface area contributed by atoms with Gasteiger partial charge in [-0.05, 0) is 50.0 Å². The summed E-state index contributed by atoms with van der Waals surface area (Å²) in [5.41, 5.74) is 7.06. The van der Waals surface area contributed by atoms with Crippen LogP contribution in [-0.2, 0) is 11.2 Å². The fraction of sp³-hybridized carbons (Fsp3) is 0.462. The predicted octanol–water partition coefficient (Wildman–Crippen LogP) is 1.07. The fourth-order valence-electron chi connectivity index (χ4n) is 1.60. The average molecular weight is 254 g/mol. The Morgan fingerprint density at radius 3 is 2.83 bits per heavy atom. The number of aryl methyl sites for hydroxylation is 1. The molecule has 0 fully saturated rings. The van der Waals surface area contributed by atoms with Gasteiger partial charge in [-0.15, -0.1) is 0 Å². The molecule has 0 amide bonds. The summed E-state index contributed by atoms with van der Waals surface area (Å²) in [4.78, 5) is 10.5. The van der Waals surface area contributed by atoms with Gasteiger partial charge in [-0.2, -0.15) is 0 Å². The van der Waals surface area contributed by atoms with E-state index in [4.69, 9.17) is 10.8 Å². The Hall–Kier alpha value is -1.46. The molecule has 18 heavy (non-hydrogen) atoms. The predicted molar refractivity (Wildman–Crippen MR) is 67.9 cm³/mol. The Balaban J connectivity index is 2.22. The van der Waals surface area contributed by atoms with E-state index in [0.29, 0.717) is 18.5 Å². The van der Waals surface area contributed by atoms with Crippen molar-refractivity contribution in [1.82, 2.24) is 5.32 Å². The number of nitrogens with two attached hydrogens (primary N) is 1. The minimum Gasteiger partial charge on any atom is -0.480 e. The van der Waals surface area contributed by atoms with E-state index in [1.54, 1.807) is 13.0 Å². The molecule has 1 unspecified atom stereocenters. The normalized spacial score (nSPS) is 12.4. The lowest BCUT2D eigenvalue weighted by Crippen LogP contribution is -2.34. The van der Waals surface area contributed by atoms with E-state index in [1.165, 1.54) is 6.07 Å². The molecular weight excluding hydrogens is 235 g/mol. The van der Waals surface area contributed by atoms with Crippen LogP contribution < -0.4 is 11.1 Å². The van der Waals surface area contributed by atoms with Gasteiger partial charge in [-0.25, -0.2) is 4.39 Å². The van der Waals surface area contributed by atoms with Gasteiger partial charge in [-0.3, -0.25) is 4.79 Å². The maximum absolute atomic E-state index is 13.0. The zero-order valence-electron chi connectivity index (χ0n) is 10.4. The number of halogens is 1. The molecule has 0 saturated carbocycles. The molecule has 0 aromatic heterocycles. The first-order valence-electron chi connectivity index (χ1n) is 5.95. The van der Waals surface area contributed by atoms with Gasteiger partial charge < -0.3 is 16.2 Å². The van der Waals surface area contributed by atoms with Gasteiger partial charge in [0.15, 0.2) is 0 Å². The van der Waals surface area contributed by atoms with Gasteiger partial charge in [0.1, 0.15) is 11.9 Å². The summed E-state index contributed by atoms with van der Waals surface area (Å²) in [6.07, 6.45) is 1.18. The van der Waals surface area contributed by atoms with Crippen molar-refractivity contribution in [3.8, 4) is 0 Å². The first kappa shape index (κ1) is 14.6. The van der Waals surface area contributed by atoms with Crippen LogP contribution in [0.1, 0.15) is 17.5 Å². The van der Waals surface area contributed by atoms with Crippen LogP contribution in [0.3, 0.4) is 0 Å². The minimum atomic E-state index is -0.981. The van der Waals surface area contributed by atoms with Crippen molar-refractivity contribution in [2.75, 3.05) is 13.1 Å². The van der Waals surface area contributed by atoms with Crippen LogP contribution in [0, 0.1) is 12.7 Å². The van der Waals surface area contributed by atoms with Crippen LogP contribution in [0.2, 0.25) is 0 Å². The van der Waals surface area contributed by atoms with Crippen molar-refractivity contribution in [1.29, 1.82) is 0 Å². The van der Waals surface area contributed by atoms with Gasteiger partial charge in [-0.1, -0.05) is 12.1 Å². The highest BCUT2D eigenvalue weighted by Crippen LogP contribution is 2.09. The standard InChI is InChI=1S/C13H19FN2O2/c1-9-8-10(2-3-11(9)14)4-6-16-7-5-12(15)13(17)18/h2-3,8,12,16H,4-7,15H2,1H3,(H,17,18). The SMILES string of the molecule is Cc1cc(CCNCCC(N)C(=O)O)ccc1F. The zero-order chi connectivity index (χ0) is 13.5. The summed E-state index contributed by atoms with van der Waals surface area (Å²) in [6, 6.07) is 4.23. The zero-order valence-corrected chi connectivity index (χ0v) is 10.4. The van der Waals surface area contributed by atoms with Crippen LogP contribution in [-0.4, -0.2) is 30.2 Å². The smallest absolute Gasteiger partial charge is 0.320 e. The van der Waals surface area contributed by atoms with E-state index < -0.39 is 12.0 Å². The van der Waals surface area contributed by atoms with Crippen LogP contribution in [0.5, 0.6) is 0 Å². The van der Waals surface area contributed by atoms with Crippen molar-refractivity contribution in [3.63, 3.8) is 0 Å². The highest BCUT2D eigenvalue weighted by atomic mass is 19.1. The van der Waals surface area contributed by atoms with Gasteiger partial charge in [0.2, 0.25) is 0 Å². The van der Waals surface area contributed by atoms with E-state index in [1.807, 2.05) is 6.07 Å². The summed E-state index contributed by atoms with van der Waals surface area (Å²) >= 11 is 0. The number of aliphatic carboxylic acids is 1. The highest BCUT2D eigenvalue weighted by Gasteiger charge is 2.09. The van der Waals surface area contributed by atoms with Crippen molar-refractivity contribution < 1.29 is 14.3 Å². The Morgan fingerprint density at radius 1 is 1.50 bits per heavy atom. The monoisotopic (exact) mass is 254 g/mol. The van der Waals surface area contributed by atoms with Crippen molar-refractivity contribution in [3.05, 3.63) is 35.1 Å². The van der Waals surface area contributed by atoms with Gasteiger partial charge in [0.25, 0.3) is 0 Å². The second kappa shape index (κ2) is 7.08. The molecule has 100 valence electrons. The van der Waals surface area contributed by atoms with E-state index in [0.717, 1.165) is 18.5 Å². The van der Waals surface area contributed by atoms with Gasteiger partial charge >= 0.3 is 5.97 Å². The summed E-state index contributed by atoms with van der Waals surface area (Å²) in [7, 11) is 0. The lowest BCUT2D eigenvalue weighted by Gasteiger charge is -2.08. The number of hydrogen-bond acceptors (Lipinski definition) is 3. The molecule has 0 saturated heterocycles. The maximum Gasteiger partial charge on any atom is 0.320 e. The Labute approximate surface area is 106 Å². The first-order valence-corrected chi connectivity index (χ1v) is 5.95. The molecule has 5 heteroatoms. The second-order valence-corrected chi connectivity index (χ2v) is 4.32. The summed E-state index contributed by atoms with van der Waals surface area (Å²) in [5, 5.41) is 11.7. The molecule has 4 nitrogen and oxygen atoms in total. The highest BCUT2D eigenvalue weighted by molar-refractivity contribution is 5.72. The molecule has 1 aromatic rings. The van der Waals surface area contributed by atoms with Crippen LogP contribution >= 0.6 is 0 Å². The minimum absolute atomic E-state index is 0.195. The Bertz CT molecular complexity index is 410. The van der Waals surface area contributed by atoms with Crippen LogP contribution in [0.25, 0.3) is 0 Å². The molecule has 0 heterocycles. The van der Waals surface area contributed by atoms with E-state index in [2.05, 4.69) is 5.32 Å². The van der Waals surface area contributed by atoms with Crippen molar-refractivity contribution in [2.24, 2.45) is 5.73 Å². The van der Waals surface area contributed by atoms with E-state index in [-0.39, 0.29) is 5.82 Å². The third kappa shape index (κ3) is 4.81. The van der Waals surface area contributed by atoms with Crippen LogP contribution in [0.15, 0.2) is 18.2 Å². The molecule has 0 aliphatic carbocycles. The van der Waals surface area contributed by atoms with Crippen molar-refractivity contribution in [2.45, 2.75) is 25.8 Å². The number of benzene rings is 1. The molecule has 1 atom stereocenters. The fourth-order valence-corrected chi connectivity index (χ4v) is 1.60. The van der Waals surface area contributed by atoms with Crippen molar-refractivity contribution >= 4 is 5.97 Å². The lowest BCUT2D eigenvalue weighted by atomic mass is 10.1. The third-order valence-corrected chi connectivity index (χ3v) is 2.76. The Morgan fingerprint density at radius 2 is 2.22 bits per heavy atom. The number of carbonyl (C=O) groups is 1.